The van der Waals surface area contributed by atoms with Crippen molar-refractivity contribution < 1.29 is 9.72 Å². The number of benzene rings is 2. The zero-order chi connectivity index (χ0) is 19.4. The maximum atomic E-state index is 12.6. The van der Waals surface area contributed by atoms with Crippen LogP contribution in [0, 0.1) is 17.0 Å². The lowest BCUT2D eigenvalue weighted by Gasteiger charge is -2.08. The predicted molar refractivity (Wildman–Crippen MR) is 103 cm³/mol. The minimum atomic E-state index is -0.446. The van der Waals surface area contributed by atoms with Crippen molar-refractivity contribution >= 4 is 11.6 Å². The Hall–Kier alpha value is -3.48. The average molecular weight is 364 g/mol. The fourth-order valence-electron chi connectivity index (χ4n) is 2.72. The molecular weight excluding hydrogens is 344 g/mol. The van der Waals surface area contributed by atoms with Gasteiger partial charge in [-0.3, -0.25) is 14.9 Å². The minimum Gasteiger partial charge on any atom is -0.351 e. The molecule has 0 radical (unpaired) electrons. The van der Waals surface area contributed by atoms with Crippen molar-refractivity contribution in [1.29, 1.82) is 0 Å². The summed E-state index contributed by atoms with van der Waals surface area (Å²) in [5.41, 5.74) is 3.55. The molecule has 138 valence electrons. The summed E-state index contributed by atoms with van der Waals surface area (Å²) >= 11 is 0. The van der Waals surface area contributed by atoms with Crippen LogP contribution in [0.15, 0.2) is 54.6 Å². The lowest BCUT2D eigenvalue weighted by molar-refractivity contribution is -0.384. The normalized spacial score (nSPS) is 10.6. The van der Waals surface area contributed by atoms with Gasteiger partial charge in [-0.25, -0.2) is 4.68 Å². The topological polar surface area (TPSA) is 90.1 Å². The number of aromatic nitrogens is 2. The second-order valence-corrected chi connectivity index (χ2v) is 6.23. The van der Waals surface area contributed by atoms with Gasteiger partial charge in [0, 0.05) is 24.2 Å². The molecule has 3 rings (SSSR count). The van der Waals surface area contributed by atoms with E-state index in [-0.39, 0.29) is 11.6 Å². The molecule has 3 aromatic rings. The van der Waals surface area contributed by atoms with Crippen molar-refractivity contribution in [3.8, 4) is 16.9 Å². The third-order valence-electron chi connectivity index (χ3n) is 4.10. The van der Waals surface area contributed by atoms with Crippen molar-refractivity contribution in [3.05, 3.63) is 76.0 Å². The molecule has 1 N–H and O–H groups in total. The SMILES string of the molecule is CCCNC(=O)c1cc(-c2ccc([N+](=O)[O-])cc2)nn1-c1cccc(C)c1. The van der Waals surface area contributed by atoms with Gasteiger partial charge >= 0.3 is 0 Å². The summed E-state index contributed by atoms with van der Waals surface area (Å²) in [4.78, 5) is 23.0. The maximum Gasteiger partial charge on any atom is 0.270 e. The molecule has 0 aliphatic carbocycles. The van der Waals surface area contributed by atoms with E-state index in [2.05, 4.69) is 10.4 Å². The van der Waals surface area contributed by atoms with E-state index in [4.69, 9.17) is 0 Å². The monoisotopic (exact) mass is 364 g/mol. The average Bonchev–Trinajstić information content (AvgIpc) is 3.11. The number of nitrogens with one attached hydrogen (secondary N) is 1. The highest BCUT2D eigenvalue weighted by molar-refractivity contribution is 5.94. The van der Waals surface area contributed by atoms with Crippen molar-refractivity contribution in [2.75, 3.05) is 6.54 Å². The Balaban J connectivity index is 2.05. The van der Waals surface area contributed by atoms with Crippen molar-refractivity contribution in [2.24, 2.45) is 0 Å². The van der Waals surface area contributed by atoms with Crippen LogP contribution in [0.3, 0.4) is 0 Å². The quantitative estimate of drug-likeness (QED) is 0.531. The number of carbonyl (C=O) groups is 1. The van der Waals surface area contributed by atoms with E-state index in [1.807, 2.05) is 38.1 Å². The van der Waals surface area contributed by atoms with Gasteiger partial charge in [0.25, 0.3) is 11.6 Å². The van der Waals surface area contributed by atoms with E-state index in [9.17, 15) is 14.9 Å². The van der Waals surface area contributed by atoms with Crippen molar-refractivity contribution in [1.82, 2.24) is 15.1 Å². The van der Waals surface area contributed by atoms with Gasteiger partial charge in [-0.2, -0.15) is 5.10 Å². The third-order valence-corrected chi connectivity index (χ3v) is 4.10. The largest absolute Gasteiger partial charge is 0.351 e. The number of carbonyl (C=O) groups excluding carboxylic acids is 1. The van der Waals surface area contributed by atoms with Gasteiger partial charge in [0.1, 0.15) is 5.69 Å². The molecular formula is C20H20N4O3. The molecule has 0 aliphatic heterocycles. The van der Waals surface area contributed by atoms with Gasteiger partial charge in [0.05, 0.1) is 16.3 Å². The first-order chi connectivity index (χ1) is 13.0. The number of amides is 1. The zero-order valence-electron chi connectivity index (χ0n) is 15.2. The van der Waals surface area contributed by atoms with Gasteiger partial charge in [0.15, 0.2) is 0 Å². The number of aryl methyl sites for hydroxylation is 1. The molecule has 0 bridgehead atoms. The first kappa shape index (κ1) is 18.3. The summed E-state index contributed by atoms with van der Waals surface area (Å²) in [7, 11) is 0. The van der Waals surface area contributed by atoms with Gasteiger partial charge < -0.3 is 5.32 Å². The zero-order valence-corrected chi connectivity index (χ0v) is 15.2. The fourth-order valence-corrected chi connectivity index (χ4v) is 2.72. The lowest BCUT2D eigenvalue weighted by Crippen LogP contribution is -2.26. The van der Waals surface area contributed by atoms with Gasteiger partial charge in [0.2, 0.25) is 0 Å². The summed E-state index contributed by atoms with van der Waals surface area (Å²) in [5, 5.41) is 18.3. The van der Waals surface area contributed by atoms with Crippen LogP contribution >= 0.6 is 0 Å². The number of nitro benzene ring substituents is 1. The summed E-state index contributed by atoms with van der Waals surface area (Å²) in [6.45, 7) is 4.53. The second kappa shape index (κ2) is 7.82. The molecule has 7 nitrogen and oxygen atoms in total. The molecule has 27 heavy (non-hydrogen) atoms. The molecule has 0 unspecified atom stereocenters. The second-order valence-electron chi connectivity index (χ2n) is 6.23. The Morgan fingerprint density at radius 3 is 2.56 bits per heavy atom. The van der Waals surface area contributed by atoms with Crippen molar-refractivity contribution in [3.63, 3.8) is 0 Å². The molecule has 0 saturated heterocycles. The van der Waals surface area contributed by atoms with Crippen LogP contribution < -0.4 is 5.32 Å². The molecule has 0 atom stereocenters. The molecule has 7 heteroatoms. The van der Waals surface area contributed by atoms with E-state index in [1.165, 1.54) is 12.1 Å². The van der Waals surface area contributed by atoms with Crippen molar-refractivity contribution in [2.45, 2.75) is 20.3 Å². The summed E-state index contributed by atoms with van der Waals surface area (Å²) in [6.07, 6.45) is 0.833. The summed E-state index contributed by atoms with van der Waals surface area (Å²) in [5.74, 6) is -0.209. The number of nitro groups is 1. The number of non-ortho nitro benzene ring substituents is 1. The smallest absolute Gasteiger partial charge is 0.270 e. The van der Waals surface area contributed by atoms with Crippen LogP contribution in [0.1, 0.15) is 29.4 Å². The maximum absolute atomic E-state index is 12.6. The Morgan fingerprint density at radius 1 is 1.19 bits per heavy atom. The Labute approximate surface area is 156 Å². The number of hydrogen-bond donors (Lipinski definition) is 1. The molecule has 2 aromatic carbocycles. The number of rotatable bonds is 6. The standard InChI is InChI=1S/C20H20N4O3/c1-3-11-21-20(25)19-13-18(15-7-9-16(10-8-15)24(26)27)22-23(19)17-6-4-5-14(2)12-17/h4-10,12-13H,3,11H2,1-2H3,(H,21,25). The van der Waals surface area contributed by atoms with E-state index in [0.717, 1.165) is 17.7 Å². The highest BCUT2D eigenvalue weighted by Gasteiger charge is 2.18. The Kier molecular flexibility index (Phi) is 5.30. The van der Waals surface area contributed by atoms with Crippen LogP contribution in [0.5, 0.6) is 0 Å². The Bertz CT molecular complexity index is 977. The van der Waals surface area contributed by atoms with Crippen LogP contribution in [-0.4, -0.2) is 27.2 Å². The van der Waals surface area contributed by atoms with E-state index in [1.54, 1.807) is 22.9 Å². The summed E-state index contributed by atoms with van der Waals surface area (Å²) < 4.78 is 1.61. The minimum absolute atomic E-state index is 0.0118. The van der Waals surface area contributed by atoms with Crippen LogP contribution in [0.4, 0.5) is 5.69 Å². The molecule has 1 aromatic heterocycles. The molecule has 0 fully saturated rings. The molecule has 1 heterocycles. The fraction of sp³-hybridized carbons (Fsp3) is 0.200. The number of nitrogens with zero attached hydrogens (tertiary/aromatic N) is 3. The van der Waals surface area contributed by atoms with Gasteiger partial charge in [-0.05, 0) is 49.2 Å². The predicted octanol–water partition coefficient (Wildman–Crippen LogP) is 3.90. The van der Waals surface area contributed by atoms with Gasteiger partial charge in [-0.15, -0.1) is 0 Å². The third kappa shape index (κ3) is 4.03. The van der Waals surface area contributed by atoms with Crippen LogP contribution in [-0.2, 0) is 0 Å². The molecule has 0 aliphatic rings. The van der Waals surface area contributed by atoms with Gasteiger partial charge in [-0.1, -0.05) is 19.1 Å². The van der Waals surface area contributed by atoms with Crippen LogP contribution in [0.2, 0.25) is 0 Å². The highest BCUT2D eigenvalue weighted by Crippen LogP contribution is 2.24. The van der Waals surface area contributed by atoms with E-state index in [0.29, 0.717) is 23.5 Å². The highest BCUT2D eigenvalue weighted by atomic mass is 16.6. The lowest BCUT2D eigenvalue weighted by atomic mass is 10.1. The Morgan fingerprint density at radius 2 is 1.93 bits per heavy atom. The first-order valence-corrected chi connectivity index (χ1v) is 8.69. The van der Waals surface area contributed by atoms with E-state index >= 15 is 0 Å². The van der Waals surface area contributed by atoms with Crippen LogP contribution in [0.25, 0.3) is 16.9 Å². The molecule has 0 spiro atoms. The first-order valence-electron chi connectivity index (χ1n) is 8.69. The summed E-state index contributed by atoms with van der Waals surface area (Å²) in [6, 6.07) is 15.5. The number of hydrogen-bond acceptors (Lipinski definition) is 4. The molecule has 1 amide bonds. The molecule has 0 saturated carbocycles. The van der Waals surface area contributed by atoms with E-state index < -0.39 is 4.92 Å².